The second-order valence-electron chi connectivity index (χ2n) is 4.35. The van der Waals surface area contributed by atoms with Crippen LogP contribution in [0.3, 0.4) is 0 Å². The molecule has 1 N–H and O–H groups in total. The third-order valence-corrected chi connectivity index (χ3v) is 3.01. The van der Waals surface area contributed by atoms with Crippen LogP contribution < -0.4 is 5.32 Å². The topological polar surface area (TPSA) is 42.2 Å². The Kier molecular flexibility index (Phi) is 3.51. The highest BCUT2D eigenvalue weighted by atomic mass is 16.3. The standard InChI is InChI=1S/C15H17NO2/c1-4-12-5-7-13(8-6-12)16-15(17)14-10(2)9-18-11(14)3/h5-9H,4H2,1-3H3,(H,16,17). The lowest BCUT2D eigenvalue weighted by atomic mass is 10.1. The molecule has 0 radical (unpaired) electrons. The second-order valence-corrected chi connectivity index (χ2v) is 4.35. The predicted molar refractivity (Wildman–Crippen MR) is 72.0 cm³/mol. The van der Waals surface area contributed by atoms with Crippen molar-refractivity contribution in [2.75, 3.05) is 5.32 Å². The van der Waals surface area contributed by atoms with Gasteiger partial charge >= 0.3 is 0 Å². The zero-order chi connectivity index (χ0) is 13.1. The van der Waals surface area contributed by atoms with Gasteiger partial charge in [-0.05, 0) is 38.0 Å². The highest BCUT2D eigenvalue weighted by Gasteiger charge is 2.15. The van der Waals surface area contributed by atoms with Gasteiger partial charge in [0.2, 0.25) is 0 Å². The lowest BCUT2D eigenvalue weighted by Crippen LogP contribution is -2.13. The first-order valence-electron chi connectivity index (χ1n) is 6.06. The first-order chi connectivity index (χ1) is 8.61. The second kappa shape index (κ2) is 5.08. The van der Waals surface area contributed by atoms with Gasteiger partial charge in [0.1, 0.15) is 5.76 Å². The van der Waals surface area contributed by atoms with Crippen LogP contribution in [-0.2, 0) is 6.42 Å². The summed E-state index contributed by atoms with van der Waals surface area (Å²) >= 11 is 0. The first-order valence-corrected chi connectivity index (χ1v) is 6.06. The lowest BCUT2D eigenvalue weighted by molar-refractivity contribution is 0.102. The number of anilines is 1. The number of benzene rings is 1. The number of hydrogen-bond acceptors (Lipinski definition) is 2. The van der Waals surface area contributed by atoms with Gasteiger partial charge in [-0.25, -0.2) is 0 Å². The van der Waals surface area contributed by atoms with Crippen molar-refractivity contribution in [1.82, 2.24) is 0 Å². The Bertz CT molecular complexity index is 533. The molecule has 3 heteroatoms. The van der Waals surface area contributed by atoms with Crippen molar-refractivity contribution in [1.29, 1.82) is 0 Å². The van der Waals surface area contributed by atoms with Gasteiger partial charge in [-0.15, -0.1) is 0 Å². The number of rotatable bonds is 3. The molecule has 0 spiro atoms. The molecule has 0 saturated carbocycles. The van der Waals surface area contributed by atoms with E-state index in [-0.39, 0.29) is 5.91 Å². The average Bonchev–Trinajstić information content (AvgIpc) is 2.70. The quantitative estimate of drug-likeness (QED) is 0.892. The average molecular weight is 243 g/mol. The van der Waals surface area contributed by atoms with Gasteiger partial charge in [-0.1, -0.05) is 19.1 Å². The van der Waals surface area contributed by atoms with Gasteiger partial charge in [0.05, 0.1) is 11.8 Å². The number of carbonyl (C=O) groups excluding carboxylic acids is 1. The smallest absolute Gasteiger partial charge is 0.259 e. The monoisotopic (exact) mass is 243 g/mol. The maximum Gasteiger partial charge on any atom is 0.259 e. The van der Waals surface area contributed by atoms with Gasteiger partial charge in [0.25, 0.3) is 5.91 Å². The van der Waals surface area contributed by atoms with E-state index in [1.54, 1.807) is 13.2 Å². The Morgan fingerprint density at radius 2 is 1.89 bits per heavy atom. The minimum Gasteiger partial charge on any atom is -0.469 e. The fourth-order valence-electron chi connectivity index (χ4n) is 1.93. The van der Waals surface area contributed by atoms with E-state index in [0.717, 1.165) is 17.7 Å². The van der Waals surface area contributed by atoms with Crippen LogP contribution in [0.15, 0.2) is 34.9 Å². The first kappa shape index (κ1) is 12.4. The zero-order valence-electron chi connectivity index (χ0n) is 10.9. The van der Waals surface area contributed by atoms with E-state index in [0.29, 0.717) is 11.3 Å². The minimum absolute atomic E-state index is 0.122. The zero-order valence-corrected chi connectivity index (χ0v) is 10.9. The van der Waals surface area contributed by atoms with Gasteiger partial charge < -0.3 is 9.73 Å². The minimum atomic E-state index is -0.122. The van der Waals surface area contributed by atoms with E-state index in [2.05, 4.69) is 12.2 Å². The molecule has 0 aliphatic rings. The molecule has 0 unspecified atom stereocenters. The molecule has 0 aliphatic heterocycles. The van der Waals surface area contributed by atoms with E-state index in [9.17, 15) is 4.79 Å². The van der Waals surface area contributed by atoms with Crippen LogP contribution in [0, 0.1) is 13.8 Å². The van der Waals surface area contributed by atoms with E-state index in [4.69, 9.17) is 4.42 Å². The number of nitrogens with one attached hydrogen (secondary N) is 1. The molecule has 0 saturated heterocycles. The molecule has 1 heterocycles. The van der Waals surface area contributed by atoms with E-state index < -0.39 is 0 Å². The van der Waals surface area contributed by atoms with Crippen LogP contribution in [0.4, 0.5) is 5.69 Å². The summed E-state index contributed by atoms with van der Waals surface area (Å²) in [5, 5.41) is 2.88. The molecule has 2 rings (SSSR count). The maximum atomic E-state index is 12.1. The normalized spacial score (nSPS) is 10.4. The highest BCUT2D eigenvalue weighted by Crippen LogP contribution is 2.18. The van der Waals surface area contributed by atoms with Gasteiger partial charge in [0, 0.05) is 11.3 Å². The number of amides is 1. The van der Waals surface area contributed by atoms with Crippen molar-refractivity contribution in [3.63, 3.8) is 0 Å². The fraction of sp³-hybridized carbons (Fsp3) is 0.267. The van der Waals surface area contributed by atoms with Crippen LogP contribution in [0.25, 0.3) is 0 Å². The summed E-state index contributed by atoms with van der Waals surface area (Å²) in [5.74, 6) is 0.526. The van der Waals surface area contributed by atoms with Crippen molar-refractivity contribution in [3.8, 4) is 0 Å². The summed E-state index contributed by atoms with van der Waals surface area (Å²) in [6, 6.07) is 7.87. The molecule has 0 aliphatic carbocycles. The van der Waals surface area contributed by atoms with Crippen LogP contribution >= 0.6 is 0 Å². The highest BCUT2D eigenvalue weighted by molar-refractivity contribution is 6.05. The summed E-state index contributed by atoms with van der Waals surface area (Å²) in [5.41, 5.74) is 3.53. The van der Waals surface area contributed by atoms with Gasteiger partial charge in [-0.2, -0.15) is 0 Å². The Hall–Kier alpha value is -2.03. The molecule has 0 atom stereocenters. The van der Waals surface area contributed by atoms with E-state index in [1.807, 2.05) is 31.2 Å². The summed E-state index contributed by atoms with van der Waals surface area (Å²) in [7, 11) is 0. The Labute approximate surface area is 107 Å². The van der Waals surface area contributed by atoms with Gasteiger partial charge in [0.15, 0.2) is 0 Å². The van der Waals surface area contributed by atoms with Crippen molar-refractivity contribution in [2.24, 2.45) is 0 Å². The van der Waals surface area contributed by atoms with Crippen LogP contribution in [0.2, 0.25) is 0 Å². The molecule has 94 valence electrons. The third kappa shape index (κ3) is 2.45. The number of carbonyl (C=O) groups is 1. The molecule has 3 nitrogen and oxygen atoms in total. The summed E-state index contributed by atoms with van der Waals surface area (Å²) < 4.78 is 5.23. The fourth-order valence-corrected chi connectivity index (χ4v) is 1.93. The van der Waals surface area contributed by atoms with Crippen molar-refractivity contribution < 1.29 is 9.21 Å². The van der Waals surface area contributed by atoms with Crippen molar-refractivity contribution >= 4 is 11.6 Å². The van der Waals surface area contributed by atoms with Crippen molar-refractivity contribution in [3.05, 3.63) is 53.0 Å². The molecular formula is C15H17NO2. The molecule has 1 aromatic heterocycles. The molecule has 1 amide bonds. The largest absolute Gasteiger partial charge is 0.469 e. The summed E-state index contributed by atoms with van der Waals surface area (Å²) in [6.07, 6.45) is 2.60. The number of aryl methyl sites for hydroxylation is 3. The van der Waals surface area contributed by atoms with Crippen LogP contribution in [0.5, 0.6) is 0 Å². The maximum absolute atomic E-state index is 12.1. The molecule has 2 aromatic rings. The van der Waals surface area contributed by atoms with Crippen molar-refractivity contribution in [2.45, 2.75) is 27.2 Å². The molecule has 0 fully saturated rings. The van der Waals surface area contributed by atoms with Crippen LogP contribution in [-0.4, -0.2) is 5.91 Å². The molecular weight excluding hydrogens is 226 g/mol. The summed E-state index contributed by atoms with van der Waals surface area (Å²) in [4.78, 5) is 12.1. The molecule has 18 heavy (non-hydrogen) atoms. The Morgan fingerprint density at radius 1 is 1.22 bits per heavy atom. The lowest BCUT2D eigenvalue weighted by Gasteiger charge is -2.06. The van der Waals surface area contributed by atoms with E-state index >= 15 is 0 Å². The van der Waals surface area contributed by atoms with E-state index in [1.165, 1.54) is 5.56 Å². The Balaban J connectivity index is 2.16. The predicted octanol–water partition coefficient (Wildman–Crippen LogP) is 3.71. The molecule has 1 aromatic carbocycles. The number of furan rings is 1. The number of hydrogen-bond donors (Lipinski definition) is 1. The van der Waals surface area contributed by atoms with Gasteiger partial charge in [-0.3, -0.25) is 4.79 Å². The SMILES string of the molecule is CCc1ccc(NC(=O)c2c(C)coc2C)cc1. The van der Waals surface area contributed by atoms with Crippen LogP contribution in [0.1, 0.15) is 34.2 Å². The third-order valence-electron chi connectivity index (χ3n) is 3.01. The Morgan fingerprint density at radius 3 is 2.39 bits per heavy atom. The molecule has 0 bridgehead atoms. The summed E-state index contributed by atoms with van der Waals surface area (Å²) in [6.45, 7) is 5.76.